The highest BCUT2D eigenvalue weighted by atomic mass is 79.9. The van der Waals surface area contributed by atoms with Crippen LogP contribution in [0.15, 0.2) is 22.8 Å². The first-order valence-corrected chi connectivity index (χ1v) is 6.28. The molecular weight excluding hydrogens is 268 g/mol. The maximum Gasteiger partial charge on any atom is 0.230 e. The highest BCUT2D eigenvalue weighted by Crippen LogP contribution is 2.18. The summed E-state index contributed by atoms with van der Waals surface area (Å²) in [4.78, 5) is 17.9. The van der Waals surface area contributed by atoms with Crippen LogP contribution < -0.4 is 4.90 Å². The predicted molar refractivity (Wildman–Crippen MR) is 69.4 cm³/mol. The van der Waals surface area contributed by atoms with E-state index in [1.165, 1.54) is 0 Å². The summed E-state index contributed by atoms with van der Waals surface area (Å²) in [6.45, 7) is 4.07. The summed E-state index contributed by atoms with van der Waals surface area (Å²) in [5.74, 6) is 0.926. The molecule has 0 aliphatic carbocycles. The molecule has 3 nitrogen and oxygen atoms in total. The highest BCUT2D eigenvalue weighted by Gasteiger charge is 2.20. The third-order valence-corrected chi connectivity index (χ3v) is 3.19. The number of halogens is 1. The molecule has 0 N–H and O–H groups in total. The highest BCUT2D eigenvalue weighted by molar-refractivity contribution is 9.10. The number of hydrogen-bond acceptors (Lipinski definition) is 2. The van der Waals surface area contributed by atoms with E-state index in [1.54, 1.807) is 18.1 Å². The van der Waals surface area contributed by atoms with Crippen LogP contribution in [0.25, 0.3) is 0 Å². The molecule has 4 heteroatoms. The standard InChI is InChI=1S/C12H17BrN2O/c1-4-9(5-2)12(16)15(3)11-7-6-10(13)8-14-11/h6-9H,4-5H2,1-3H3. The molecule has 0 fully saturated rings. The van der Waals surface area contributed by atoms with Crippen LogP contribution in [0.3, 0.4) is 0 Å². The minimum atomic E-state index is 0.0930. The molecule has 0 saturated carbocycles. The van der Waals surface area contributed by atoms with E-state index in [0.29, 0.717) is 5.82 Å². The normalized spacial score (nSPS) is 10.6. The largest absolute Gasteiger partial charge is 0.300 e. The van der Waals surface area contributed by atoms with Crippen molar-refractivity contribution in [3.05, 3.63) is 22.8 Å². The van der Waals surface area contributed by atoms with Crippen molar-refractivity contribution >= 4 is 27.7 Å². The minimum absolute atomic E-state index is 0.0930. The average molecular weight is 285 g/mol. The molecule has 1 aromatic rings. The van der Waals surface area contributed by atoms with E-state index in [9.17, 15) is 4.79 Å². The van der Waals surface area contributed by atoms with Crippen molar-refractivity contribution in [2.45, 2.75) is 26.7 Å². The lowest BCUT2D eigenvalue weighted by atomic mass is 10.0. The first-order valence-electron chi connectivity index (χ1n) is 5.49. The van der Waals surface area contributed by atoms with Crippen LogP contribution >= 0.6 is 15.9 Å². The molecule has 0 saturated heterocycles. The van der Waals surface area contributed by atoms with Crippen LogP contribution in [0.2, 0.25) is 0 Å². The van der Waals surface area contributed by atoms with Gasteiger partial charge in [0.25, 0.3) is 0 Å². The molecule has 0 spiro atoms. The SMILES string of the molecule is CCC(CC)C(=O)N(C)c1ccc(Br)cn1. The molecule has 0 unspecified atom stereocenters. The lowest BCUT2D eigenvalue weighted by Gasteiger charge is -2.21. The summed E-state index contributed by atoms with van der Waals surface area (Å²) in [6, 6.07) is 3.73. The molecule has 0 radical (unpaired) electrons. The van der Waals surface area contributed by atoms with Crippen LogP contribution in [0.4, 0.5) is 5.82 Å². The molecule has 0 aliphatic rings. The van der Waals surface area contributed by atoms with E-state index < -0.39 is 0 Å². The Balaban J connectivity index is 2.81. The van der Waals surface area contributed by atoms with E-state index in [0.717, 1.165) is 17.3 Å². The molecule has 1 rings (SSSR count). The molecule has 0 bridgehead atoms. The number of anilines is 1. The molecule has 0 aromatic carbocycles. The van der Waals surface area contributed by atoms with Crippen molar-refractivity contribution in [2.24, 2.45) is 5.92 Å². The summed E-state index contributed by atoms with van der Waals surface area (Å²) >= 11 is 3.32. The van der Waals surface area contributed by atoms with E-state index in [2.05, 4.69) is 20.9 Å². The lowest BCUT2D eigenvalue weighted by molar-refractivity contribution is -0.122. The number of pyridine rings is 1. The number of aromatic nitrogens is 1. The Labute approximate surface area is 105 Å². The van der Waals surface area contributed by atoms with Gasteiger partial charge in [-0.05, 0) is 40.9 Å². The van der Waals surface area contributed by atoms with Crippen molar-refractivity contribution in [3.8, 4) is 0 Å². The van der Waals surface area contributed by atoms with Gasteiger partial charge in [-0.3, -0.25) is 9.69 Å². The van der Waals surface area contributed by atoms with Crippen molar-refractivity contribution in [2.75, 3.05) is 11.9 Å². The van der Waals surface area contributed by atoms with Gasteiger partial charge >= 0.3 is 0 Å². The summed E-state index contributed by atoms with van der Waals surface area (Å²) in [7, 11) is 1.77. The van der Waals surface area contributed by atoms with Gasteiger partial charge in [0, 0.05) is 23.6 Å². The fraction of sp³-hybridized carbons (Fsp3) is 0.500. The van der Waals surface area contributed by atoms with Gasteiger partial charge in [-0.2, -0.15) is 0 Å². The Morgan fingerprint density at radius 2 is 2.06 bits per heavy atom. The molecule has 1 aromatic heterocycles. The van der Waals surface area contributed by atoms with E-state index in [1.807, 2.05) is 26.0 Å². The van der Waals surface area contributed by atoms with Gasteiger partial charge in [-0.15, -0.1) is 0 Å². The number of hydrogen-bond donors (Lipinski definition) is 0. The Morgan fingerprint density at radius 3 is 2.50 bits per heavy atom. The van der Waals surface area contributed by atoms with Crippen LogP contribution in [0.5, 0.6) is 0 Å². The summed E-state index contributed by atoms with van der Waals surface area (Å²) < 4.78 is 0.916. The maximum atomic E-state index is 12.1. The smallest absolute Gasteiger partial charge is 0.230 e. The zero-order valence-corrected chi connectivity index (χ0v) is 11.5. The molecule has 1 amide bonds. The topological polar surface area (TPSA) is 33.2 Å². The van der Waals surface area contributed by atoms with Crippen molar-refractivity contribution in [3.63, 3.8) is 0 Å². The van der Waals surface area contributed by atoms with Crippen LogP contribution in [-0.2, 0) is 4.79 Å². The quantitative estimate of drug-likeness (QED) is 0.850. The number of amides is 1. The summed E-state index contributed by atoms with van der Waals surface area (Å²) in [6.07, 6.45) is 3.44. The van der Waals surface area contributed by atoms with Gasteiger partial charge in [0.05, 0.1) is 0 Å². The van der Waals surface area contributed by atoms with Crippen LogP contribution in [0.1, 0.15) is 26.7 Å². The van der Waals surface area contributed by atoms with Gasteiger partial charge in [0.2, 0.25) is 5.91 Å². The van der Waals surface area contributed by atoms with E-state index in [-0.39, 0.29) is 11.8 Å². The second-order valence-corrected chi connectivity index (χ2v) is 4.66. The third-order valence-electron chi connectivity index (χ3n) is 2.72. The minimum Gasteiger partial charge on any atom is -0.300 e. The number of carbonyl (C=O) groups is 1. The number of nitrogens with zero attached hydrogens (tertiary/aromatic N) is 2. The molecule has 0 atom stereocenters. The van der Waals surface area contributed by atoms with Gasteiger partial charge < -0.3 is 0 Å². The van der Waals surface area contributed by atoms with Crippen molar-refractivity contribution in [1.29, 1.82) is 0 Å². The monoisotopic (exact) mass is 284 g/mol. The first kappa shape index (κ1) is 13.2. The maximum absolute atomic E-state index is 12.1. The number of carbonyl (C=O) groups excluding carboxylic acids is 1. The van der Waals surface area contributed by atoms with Crippen molar-refractivity contribution in [1.82, 2.24) is 4.98 Å². The van der Waals surface area contributed by atoms with Crippen molar-refractivity contribution < 1.29 is 4.79 Å². The second kappa shape index (κ2) is 5.99. The molecular formula is C12H17BrN2O. The Hall–Kier alpha value is -0.900. The zero-order valence-electron chi connectivity index (χ0n) is 9.90. The Morgan fingerprint density at radius 1 is 1.44 bits per heavy atom. The summed E-state index contributed by atoms with van der Waals surface area (Å²) in [5, 5.41) is 0. The van der Waals surface area contributed by atoms with Crippen LogP contribution in [0, 0.1) is 5.92 Å². The fourth-order valence-corrected chi connectivity index (χ4v) is 1.83. The molecule has 16 heavy (non-hydrogen) atoms. The molecule has 88 valence electrons. The number of rotatable bonds is 4. The summed E-state index contributed by atoms with van der Waals surface area (Å²) in [5.41, 5.74) is 0. The Bertz CT molecular complexity index is 347. The van der Waals surface area contributed by atoms with E-state index >= 15 is 0 Å². The fourth-order valence-electron chi connectivity index (χ4n) is 1.59. The van der Waals surface area contributed by atoms with Gasteiger partial charge in [-0.25, -0.2) is 4.98 Å². The molecule has 0 aliphatic heterocycles. The Kier molecular flexibility index (Phi) is 4.93. The van der Waals surface area contributed by atoms with Gasteiger partial charge in [0.15, 0.2) is 0 Å². The lowest BCUT2D eigenvalue weighted by Crippen LogP contribution is -2.32. The zero-order chi connectivity index (χ0) is 12.1. The predicted octanol–water partition coefficient (Wildman–Crippen LogP) is 3.24. The first-order chi connectivity index (χ1) is 7.60. The van der Waals surface area contributed by atoms with Crippen LogP contribution in [-0.4, -0.2) is 17.9 Å². The second-order valence-electron chi connectivity index (χ2n) is 3.75. The molecule has 1 heterocycles. The van der Waals surface area contributed by atoms with E-state index in [4.69, 9.17) is 0 Å². The average Bonchev–Trinajstić information content (AvgIpc) is 2.30. The third kappa shape index (κ3) is 3.04. The van der Waals surface area contributed by atoms with Gasteiger partial charge in [0.1, 0.15) is 5.82 Å². The van der Waals surface area contributed by atoms with Gasteiger partial charge in [-0.1, -0.05) is 13.8 Å².